The monoisotopic (exact) mass is 498 g/mol. The molecule has 3 aromatic rings. The lowest BCUT2D eigenvalue weighted by molar-refractivity contribution is -0.126. The summed E-state index contributed by atoms with van der Waals surface area (Å²) in [7, 11) is 0. The van der Waals surface area contributed by atoms with E-state index in [1.807, 2.05) is 29.8 Å². The Balaban J connectivity index is 1.12. The number of fused-ring (bicyclic) bond motifs is 2. The van der Waals surface area contributed by atoms with Crippen LogP contribution in [0.2, 0.25) is 0 Å². The van der Waals surface area contributed by atoms with Crippen LogP contribution in [-0.4, -0.2) is 49.0 Å². The first kappa shape index (κ1) is 23.4. The molecule has 0 bridgehead atoms. The van der Waals surface area contributed by atoms with E-state index in [9.17, 15) is 9.59 Å². The Bertz CT molecular complexity index is 1400. The molecule has 2 amide bonds. The fourth-order valence-electron chi connectivity index (χ4n) is 5.45. The summed E-state index contributed by atoms with van der Waals surface area (Å²) >= 11 is 0. The highest BCUT2D eigenvalue weighted by Crippen LogP contribution is 2.34. The van der Waals surface area contributed by atoms with E-state index in [0.717, 1.165) is 49.0 Å². The minimum Gasteiger partial charge on any atom is -0.489 e. The second kappa shape index (κ2) is 9.48. The smallest absolute Gasteiger partial charge is 0.255 e. The Labute approximate surface area is 215 Å². The van der Waals surface area contributed by atoms with Gasteiger partial charge in [-0.2, -0.15) is 5.10 Å². The second-order valence-corrected chi connectivity index (χ2v) is 9.98. The van der Waals surface area contributed by atoms with Crippen molar-refractivity contribution in [3.63, 3.8) is 0 Å². The number of carbonyl (C=O) groups is 2. The van der Waals surface area contributed by atoms with E-state index in [1.165, 1.54) is 5.56 Å². The number of carbonyl (C=O) groups excluding carboxylic acids is 2. The molecule has 1 unspecified atom stereocenters. The third-order valence-electron chi connectivity index (χ3n) is 7.29. The molecule has 2 aromatic carbocycles. The molecule has 9 heteroatoms. The topological polar surface area (TPSA) is 92.6 Å². The fourth-order valence-corrected chi connectivity index (χ4v) is 5.45. The molecular weight excluding hydrogens is 468 g/mol. The first-order chi connectivity index (χ1) is 17.9. The summed E-state index contributed by atoms with van der Waals surface area (Å²) in [6.07, 6.45) is 1.26. The number of benzene rings is 2. The maximum Gasteiger partial charge on any atom is 0.255 e. The molecule has 9 nitrogen and oxygen atoms in total. The molecule has 1 atom stereocenters. The minimum absolute atomic E-state index is 0.123. The predicted molar refractivity (Wildman–Crippen MR) is 136 cm³/mol. The average Bonchev–Trinajstić information content (AvgIpc) is 3.42. The molecule has 1 aromatic heterocycles. The van der Waals surface area contributed by atoms with Crippen molar-refractivity contribution in [1.29, 1.82) is 0 Å². The first-order valence-corrected chi connectivity index (χ1v) is 12.7. The van der Waals surface area contributed by atoms with E-state index < -0.39 is 6.04 Å². The zero-order valence-electron chi connectivity index (χ0n) is 20.9. The Morgan fingerprint density at radius 2 is 1.95 bits per heavy atom. The van der Waals surface area contributed by atoms with Crippen LogP contribution in [-0.2, 0) is 37.6 Å². The molecule has 37 heavy (non-hydrogen) atoms. The molecular formula is C28H30N6O3. The largest absolute Gasteiger partial charge is 0.489 e. The van der Waals surface area contributed by atoms with Gasteiger partial charge in [-0.05, 0) is 43.0 Å². The molecule has 6 rings (SSSR count). The van der Waals surface area contributed by atoms with Crippen molar-refractivity contribution < 1.29 is 14.3 Å². The van der Waals surface area contributed by atoms with E-state index in [4.69, 9.17) is 4.74 Å². The Morgan fingerprint density at radius 3 is 2.81 bits per heavy atom. The number of hydrogen-bond donors (Lipinski definition) is 1. The molecule has 0 radical (unpaired) electrons. The van der Waals surface area contributed by atoms with E-state index in [1.54, 1.807) is 4.90 Å². The highest BCUT2D eigenvalue weighted by molar-refractivity contribution is 6.02. The van der Waals surface area contributed by atoms with Gasteiger partial charge >= 0.3 is 0 Å². The number of rotatable bonds is 6. The van der Waals surface area contributed by atoms with Gasteiger partial charge in [-0.3, -0.25) is 14.5 Å². The van der Waals surface area contributed by atoms with Crippen LogP contribution >= 0.6 is 0 Å². The van der Waals surface area contributed by atoms with Crippen molar-refractivity contribution in [3.05, 3.63) is 88.6 Å². The van der Waals surface area contributed by atoms with Crippen LogP contribution in [0.4, 0.5) is 0 Å². The number of hydrogen-bond acceptors (Lipinski definition) is 6. The van der Waals surface area contributed by atoms with Crippen molar-refractivity contribution >= 4 is 11.8 Å². The van der Waals surface area contributed by atoms with E-state index in [2.05, 4.69) is 51.1 Å². The summed E-state index contributed by atoms with van der Waals surface area (Å²) in [5.74, 6) is 2.23. The number of piperidine rings is 1. The number of allylic oxidation sites excluding steroid dienone is 1. The number of amides is 2. The summed E-state index contributed by atoms with van der Waals surface area (Å²) in [5, 5.41) is 7.23. The maximum absolute atomic E-state index is 13.1. The number of nitrogens with zero attached hydrogens (tertiary/aromatic N) is 5. The van der Waals surface area contributed by atoms with Gasteiger partial charge in [0.05, 0.1) is 19.6 Å². The molecule has 190 valence electrons. The molecule has 3 aliphatic rings. The second-order valence-electron chi connectivity index (χ2n) is 9.98. The molecule has 1 saturated heterocycles. The predicted octanol–water partition coefficient (Wildman–Crippen LogP) is 2.93. The van der Waals surface area contributed by atoms with Crippen molar-refractivity contribution in [1.82, 2.24) is 29.9 Å². The highest BCUT2D eigenvalue weighted by atomic mass is 16.5. The maximum atomic E-state index is 13.1. The minimum atomic E-state index is -0.484. The van der Waals surface area contributed by atoms with Gasteiger partial charge in [0.25, 0.3) is 5.91 Å². The van der Waals surface area contributed by atoms with Gasteiger partial charge in [-0.25, -0.2) is 9.67 Å². The molecule has 1 fully saturated rings. The van der Waals surface area contributed by atoms with Gasteiger partial charge in [-0.1, -0.05) is 36.9 Å². The van der Waals surface area contributed by atoms with Crippen molar-refractivity contribution in [2.24, 2.45) is 0 Å². The first-order valence-electron chi connectivity index (χ1n) is 12.7. The molecule has 1 N–H and O–H groups in total. The summed E-state index contributed by atoms with van der Waals surface area (Å²) in [6, 6.07) is 13.5. The fraction of sp³-hybridized carbons (Fsp3) is 0.357. The molecule has 3 aliphatic heterocycles. The van der Waals surface area contributed by atoms with Crippen LogP contribution in [0.5, 0.6) is 5.75 Å². The van der Waals surface area contributed by atoms with E-state index >= 15 is 0 Å². The van der Waals surface area contributed by atoms with Crippen molar-refractivity contribution in [2.75, 3.05) is 6.54 Å². The van der Waals surface area contributed by atoms with Gasteiger partial charge in [0.2, 0.25) is 5.91 Å². The van der Waals surface area contributed by atoms with E-state index in [0.29, 0.717) is 43.0 Å². The summed E-state index contributed by atoms with van der Waals surface area (Å²) < 4.78 is 8.23. The molecule has 0 spiro atoms. The van der Waals surface area contributed by atoms with Gasteiger partial charge in [0, 0.05) is 29.9 Å². The quantitative estimate of drug-likeness (QED) is 0.562. The molecule has 4 heterocycles. The lowest BCUT2D eigenvalue weighted by atomic mass is 10.0. The lowest BCUT2D eigenvalue weighted by Gasteiger charge is -2.31. The molecule has 0 saturated carbocycles. The number of ether oxygens (including phenoxy) is 1. The Morgan fingerprint density at radius 1 is 1.11 bits per heavy atom. The average molecular weight is 499 g/mol. The van der Waals surface area contributed by atoms with Gasteiger partial charge in [0.1, 0.15) is 30.0 Å². The lowest BCUT2D eigenvalue weighted by Crippen LogP contribution is -2.49. The van der Waals surface area contributed by atoms with Gasteiger partial charge in [-0.15, -0.1) is 0 Å². The third-order valence-corrected chi connectivity index (χ3v) is 7.29. The van der Waals surface area contributed by atoms with Crippen LogP contribution in [0.3, 0.4) is 0 Å². The summed E-state index contributed by atoms with van der Waals surface area (Å²) in [5.41, 5.74) is 4.44. The van der Waals surface area contributed by atoms with Crippen molar-refractivity contribution in [2.45, 2.75) is 58.6 Å². The standard InChI is InChI=1S/C28H30N6O3/c1-18-9-10-24(27(35)29-18)33-15-23-22(28(33)36)7-4-8-25(23)37-17-21-6-3-5-20(13-21)14-32-11-12-34-26(16-32)30-19(2)31-34/h3-8,13,24H,1,9-12,14-17H2,2H3,(H,29,35). The summed E-state index contributed by atoms with van der Waals surface area (Å²) in [4.78, 5) is 34.2. The zero-order chi connectivity index (χ0) is 25.5. The third kappa shape index (κ3) is 4.62. The summed E-state index contributed by atoms with van der Waals surface area (Å²) in [6.45, 7) is 9.94. The number of aryl methyl sites for hydroxylation is 1. The SMILES string of the molecule is C=C1CCC(N2Cc3c(OCc4cccc(CN5CCn6nc(C)nc6C5)c4)cccc3C2=O)C(=O)N1. The zero-order valence-corrected chi connectivity index (χ0v) is 20.9. The Kier molecular flexibility index (Phi) is 6.00. The van der Waals surface area contributed by atoms with Gasteiger partial charge < -0.3 is 15.0 Å². The van der Waals surface area contributed by atoms with Crippen LogP contribution in [0, 0.1) is 6.92 Å². The normalized spacial score (nSPS) is 19.5. The van der Waals surface area contributed by atoms with Crippen LogP contribution in [0.25, 0.3) is 0 Å². The van der Waals surface area contributed by atoms with Gasteiger partial charge in [0.15, 0.2) is 0 Å². The Hall–Kier alpha value is -3.98. The number of nitrogens with one attached hydrogen (secondary N) is 1. The van der Waals surface area contributed by atoms with Crippen molar-refractivity contribution in [3.8, 4) is 5.75 Å². The molecule has 0 aliphatic carbocycles. The van der Waals surface area contributed by atoms with Crippen LogP contribution in [0.1, 0.15) is 51.5 Å². The van der Waals surface area contributed by atoms with E-state index in [-0.39, 0.29) is 11.8 Å². The van der Waals surface area contributed by atoms with Crippen LogP contribution in [0.15, 0.2) is 54.7 Å². The number of aromatic nitrogens is 3. The van der Waals surface area contributed by atoms with Crippen LogP contribution < -0.4 is 10.1 Å². The highest BCUT2D eigenvalue weighted by Gasteiger charge is 2.39.